The lowest BCUT2D eigenvalue weighted by Gasteiger charge is -2.45. The minimum absolute atomic E-state index is 0.142. The summed E-state index contributed by atoms with van der Waals surface area (Å²) in [4.78, 5) is 22.4. The van der Waals surface area contributed by atoms with E-state index < -0.39 is 11.4 Å². The molecule has 0 amide bonds. The SMILES string of the molecule is COC1(OC)CC/C(=C\C=O)CO[C@@]1(C)CCCC(C)C(CC=C(C)C)OC(C)=O. The third-order valence-electron chi connectivity index (χ3n) is 6.14. The highest BCUT2D eigenvalue weighted by Crippen LogP contribution is 2.42. The second-order valence-electron chi connectivity index (χ2n) is 8.68. The van der Waals surface area contributed by atoms with Gasteiger partial charge in [-0.1, -0.05) is 18.6 Å². The van der Waals surface area contributed by atoms with Crippen molar-refractivity contribution < 1.29 is 28.5 Å². The molecule has 1 rings (SSSR count). The average molecular weight is 425 g/mol. The Bertz CT molecular complexity index is 615. The summed E-state index contributed by atoms with van der Waals surface area (Å²) >= 11 is 0. The first-order valence-corrected chi connectivity index (χ1v) is 10.8. The number of carbonyl (C=O) groups is 2. The summed E-state index contributed by atoms with van der Waals surface area (Å²) in [6, 6.07) is 0. The second-order valence-corrected chi connectivity index (χ2v) is 8.68. The number of hydrogen-bond donors (Lipinski definition) is 0. The van der Waals surface area contributed by atoms with E-state index in [1.54, 1.807) is 20.3 Å². The average Bonchev–Trinajstić information content (AvgIpc) is 2.82. The molecule has 0 radical (unpaired) electrons. The van der Waals surface area contributed by atoms with E-state index in [0.717, 1.165) is 37.5 Å². The number of methoxy groups -OCH3 is 2. The fourth-order valence-corrected chi connectivity index (χ4v) is 4.14. The number of carbonyl (C=O) groups excluding carboxylic acids is 2. The van der Waals surface area contributed by atoms with Crippen LogP contribution in [0.3, 0.4) is 0 Å². The van der Waals surface area contributed by atoms with Crippen LogP contribution >= 0.6 is 0 Å². The van der Waals surface area contributed by atoms with Crippen molar-refractivity contribution in [2.45, 2.75) is 90.6 Å². The lowest BCUT2D eigenvalue weighted by Crippen LogP contribution is -2.55. The van der Waals surface area contributed by atoms with Crippen molar-refractivity contribution in [3.05, 3.63) is 23.3 Å². The van der Waals surface area contributed by atoms with Crippen LogP contribution in [0.1, 0.15) is 73.1 Å². The number of aldehydes is 1. The van der Waals surface area contributed by atoms with Gasteiger partial charge in [-0.15, -0.1) is 0 Å². The van der Waals surface area contributed by atoms with Gasteiger partial charge in [0, 0.05) is 34.0 Å². The largest absolute Gasteiger partial charge is 0.462 e. The predicted octanol–water partition coefficient (Wildman–Crippen LogP) is 4.76. The first kappa shape index (κ1) is 26.5. The van der Waals surface area contributed by atoms with Gasteiger partial charge in [0.05, 0.1) is 6.61 Å². The predicted molar refractivity (Wildman–Crippen MR) is 117 cm³/mol. The molecule has 0 aromatic rings. The van der Waals surface area contributed by atoms with Crippen LogP contribution in [0.15, 0.2) is 23.3 Å². The van der Waals surface area contributed by atoms with Crippen molar-refractivity contribution in [3.63, 3.8) is 0 Å². The minimum Gasteiger partial charge on any atom is -0.462 e. The Labute approximate surface area is 182 Å². The van der Waals surface area contributed by atoms with Crippen LogP contribution in [-0.2, 0) is 28.5 Å². The third kappa shape index (κ3) is 7.33. The first-order valence-electron chi connectivity index (χ1n) is 10.8. The Morgan fingerprint density at radius 2 is 1.90 bits per heavy atom. The van der Waals surface area contributed by atoms with Crippen molar-refractivity contribution >= 4 is 12.3 Å². The summed E-state index contributed by atoms with van der Waals surface area (Å²) in [5.41, 5.74) is 1.49. The molecule has 30 heavy (non-hydrogen) atoms. The van der Waals surface area contributed by atoms with Gasteiger partial charge in [-0.2, -0.15) is 0 Å². The fourth-order valence-electron chi connectivity index (χ4n) is 4.14. The van der Waals surface area contributed by atoms with E-state index in [1.807, 2.05) is 20.8 Å². The van der Waals surface area contributed by atoms with E-state index in [-0.39, 0.29) is 18.0 Å². The summed E-state index contributed by atoms with van der Waals surface area (Å²) in [6.45, 7) is 10.1. The Balaban J connectivity index is 2.86. The molecule has 0 bridgehead atoms. The molecule has 2 unspecified atom stereocenters. The van der Waals surface area contributed by atoms with E-state index in [0.29, 0.717) is 19.4 Å². The molecule has 1 aliphatic heterocycles. The molecule has 1 aliphatic rings. The molecular weight excluding hydrogens is 384 g/mol. The molecule has 0 aliphatic carbocycles. The maximum absolute atomic E-state index is 11.5. The summed E-state index contributed by atoms with van der Waals surface area (Å²) in [5, 5.41) is 0. The van der Waals surface area contributed by atoms with Gasteiger partial charge >= 0.3 is 5.97 Å². The van der Waals surface area contributed by atoms with Crippen LogP contribution in [0.4, 0.5) is 0 Å². The molecule has 6 heteroatoms. The maximum Gasteiger partial charge on any atom is 0.302 e. The normalized spacial score (nSPS) is 24.6. The van der Waals surface area contributed by atoms with Crippen molar-refractivity contribution in [2.24, 2.45) is 5.92 Å². The summed E-state index contributed by atoms with van der Waals surface area (Å²) in [6.07, 6.45) is 8.83. The lowest BCUT2D eigenvalue weighted by atomic mass is 9.84. The van der Waals surface area contributed by atoms with Gasteiger partial charge in [0.25, 0.3) is 0 Å². The number of rotatable bonds is 11. The molecule has 0 saturated carbocycles. The first-order chi connectivity index (χ1) is 14.1. The van der Waals surface area contributed by atoms with Gasteiger partial charge in [0.2, 0.25) is 0 Å². The van der Waals surface area contributed by atoms with Crippen molar-refractivity contribution in [2.75, 3.05) is 20.8 Å². The standard InChI is InChI=1S/C24H40O6/c1-18(2)10-11-22(30-20(4)26)19(3)9-8-14-23(5)24(27-6,28-7)15-12-21(13-16-25)17-29-23/h10,13,16,19,22H,8-9,11-12,14-15,17H2,1-7H3/b21-13+/t19?,22?,23-/m0/s1. The molecule has 0 aromatic heterocycles. The third-order valence-corrected chi connectivity index (χ3v) is 6.14. The summed E-state index contributed by atoms with van der Waals surface area (Å²) in [5.74, 6) is -0.921. The minimum atomic E-state index is -0.883. The smallest absolute Gasteiger partial charge is 0.302 e. The maximum atomic E-state index is 11.5. The molecule has 1 saturated heterocycles. The molecule has 3 atom stereocenters. The van der Waals surface area contributed by atoms with E-state index in [2.05, 4.69) is 13.0 Å². The molecule has 6 nitrogen and oxygen atoms in total. The number of allylic oxidation sites excluding steroid dienone is 2. The molecule has 0 N–H and O–H groups in total. The highest BCUT2D eigenvalue weighted by molar-refractivity contribution is 5.66. The number of esters is 1. The Hall–Kier alpha value is -1.50. The van der Waals surface area contributed by atoms with Crippen LogP contribution in [0, 0.1) is 5.92 Å². The van der Waals surface area contributed by atoms with Gasteiger partial charge in [-0.05, 0) is 64.0 Å². The van der Waals surface area contributed by atoms with Gasteiger partial charge in [-0.3, -0.25) is 9.59 Å². The van der Waals surface area contributed by atoms with Gasteiger partial charge in [0.1, 0.15) is 18.0 Å². The zero-order chi connectivity index (χ0) is 22.8. The van der Waals surface area contributed by atoms with E-state index >= 15 is 0 Å². The van der Waals surface area contributed by atoms with Crippen LogP contribution in [0.2, 0.25) is 0 Å². The van der Waals surface area contributed by atoms with Crippen molar-refractivity contribution in [3.8, 4) is 0 Å². The molecule has 0 spiro atoms. The van der Waals surface area contributed by atoms with Crippen LogP contribution in [0.5, 0.6) is 0 Å². The summed E-state index contributed by atoms with van der Waals surface area (Å²) in [7, 11) is 3.27. The Morgan fingerprint density at radius 1 is 1.23 bits per heavy atom. The zero-order valence-corrected chi connectivity index (χ0v) is 19.8. The lowest BCUT2D eigenvalue weighted by molar-refractivity contribution is -0.307. The zero-order valence-electron chi connectivity index (χ0n) is 19.8. The highest BCUT2D eigenvalue weighted by atomic mass is 16.7. The van der Waals surface area contributed by atoms with Gasteiger partial charge in [-0.25, -0.2) is 0 Å². The topological polar surface area (TPSA) is 71.1 Å². The van der Waals surface area contributed by atoms with E-state index in [9.17, 15) is 9.59 Å². The summed E-state index contributed by atoms with van der Waals surface area (Å²) < 4.78 is 23.5. The molecule has 1 heterocycles. The molecule has 0 aromatic carbocycles. The second kappa shape index (κ2) is 12.4. The van der Waals surface area contributed by atoms with Crippen molar-refractivity contribution in [1.82, 2.24) is 0 Å². The highest BCUT2D eigenvalue weighted by Gasteiger charge is 2.51. The molecule has 172 valence electrons. The van der Waals surface area contributed by atoms with E-state index in [4.69, 9.17) is 18.9 Å². The van der Waals surface area contributed by atoms with Crippen LogP contribution in [0.25, 0.3) is 0 Å². The fraction of sp³-hybridized carbons (Fsp3) is 0.750. The van der Waals surface area contributed by atoms with Crippen LogP contribution < -0.4 is 0 Å². The monoisotopic (exact) mass is 424 g/mol. The Morgan fingerprint density at radius 3 is 2.43 bits per heavy atom. The Kier molecular flexibility index (Phi) is 10.9. The number of hydrogen-bond acceptors (Lipinski definition) is 6. The van der Waals surface area contributed by atoms with Gasteiger partial charge < -0.3 is 18.9 Å². The van der Waals surface area contributed by atoms with Crippen molar-refractivity contribution in [1.29, 1.82) is 0 Å². The van der Waals surface area contributed by atoms with E-state index in [1.165, 1.54) is 12.5 Å². The molecular formula is C24H40O6. The quantitative estimate of drug-likeness (QED) is 0.156. The number of ether oxygens (including phenoxy) is 4. The van der Waals surface area contributed by atoms with Gasteiger partial charge in [0.15, 0.2) is 5.79 Å². The van der Waals surface area contributed by atoms with Crippen LogP contribution in [-0.4, -0.2) is 50.6 Å². The molecule has 1 fully saturated rings.